The van der Waals surface area contributed by atoms with Crippen LogP contribution in [0.25, 0.3) is 16.9 Å². The van der Waals surface area contributed by atoms with Crippen LogP contribution in [0.3, 0.4) is 0 Å². The lowest BCUT2D eigenvalue weighted by Crippen LogP contribution is -2.15. The summed E-state index contributed by atoms with van der Waals surface area (Å²) in [6.07, 6.45) is 3.61. The van der Waals surface area contributed by atoms with E-state index in [4.69, 9.17) is 18.6 Å². The summed E-state index contributed by atoms with van der Waals surface area (Å²) in [6.45, 7) is 1.90. The van der Waals surface area contributed by atoms with Crippen LogP contribution in [-0.2, 0) is 4.74 Å². The molecule has 0 saturated carbocycles. The molecular formula is C23H22N4O5. The second-order valence-electron chi connectivity index (χ2n) is 6.96. The number of hydrogen-bond acceptors (Lipinski definition) is 8. The van der Waals surface area contributed by atoms with Crippen LogP contribution in [0.5, 0.6) is 11.5 Å². The summed E-state index contributed by atoms with van der Waals surface area (Å²) in [7, 11) is 4.63. The van der Waals surface area contributed by atoms with Crippen molar-refractivity contribution < 1.29 is 23.4 Å². The Morgan fingerprint density at radius 2 is 1.75 bits per heavy atom. The molecule has 0 N–H and O–H groups in total. The Kier molecular flexibility index (Phi) is 6.00. The van der Waals surface area contributed by atoms with Gasteiger partial charge in [0.1, 0.15) is 36.1 Å². The minimum atomic E-state index is -0.867. The molecule has 0 aliphatic carbocycles. The average molecular weight is 434 g/mol. The van der Waals surface area contributed by atoms with Crippen LogP contribution in [0.15, 0.2) is 59.7 Å². The molecule has 32 heavy (non-hydrogen) atoms. The van der Waals surface area contributed by atoms with Crippen molar-refractivity contribution in [2.75, 3.05) is 21.3 Å². The molecule has 0 amide bonds. The summed E-state index contributed by atoms with van der Waals surface area (Å²) in [5, 5.41) is 4.09. The summed E-state index contributed by atoms with van der Waals surface area (Å²) in [4.78, 5) is 21.4. The lowest BCUT2D eigenvalue weighted by molar-refractivity contribution is 0.0569. The fraction of sp³-hybridized carbons (Fsp3) is 0.217. The van der Waals surface area contributed by atoms with E-state index in [2.05, 4.69) is 15.1 Å². The maximum Gasteiger partial charge on any atom is 0.266 e. The molecule has 0 spiro atoms. The number of methoxy groups -OCH3 is 3. The van der Waals surface area contributed by atoms with Crippen molar-refractivity contribution in [1.29, 1.82) is 0 Å². The third-order valence-corrected chi connectivity index (χ3v) is 5.12. The Morgan fingerprint density at radius 3 is 2.31 bits per heavy atom. The van der Waals surface area contributed by atoms with Crippen LogP contribution < -0.4 is 9.47 Å². The SMILES string of the molecule is COc1cc(-c2coc(C(=O)C(OC)c3ccc(-n4cncn4)cc3)n2)cc(OC)c1C. The van der Waals surface area contributed by atoms with Crippen molar-refractivity contribution in [1.82, 2.24) is 19.7 Å². The minimum Gasteiger partial charge on any atom is -0.496 e. The molecule has 0 aliphatic rings. The van der Waals surface area contributed by atoms with Gasteiger partial charge in [0.2, 0.25) is 0 Å². The zero-order chi connectivity index (χ0) is 22.7. The highest BCUT2D eigenvalue weighted by Crippen LogP contribution is 2.34. The van der Waals surface area contributed by atoms with Gasteiger partial charge in [0.15, 0.2) is 6.10 Å². The summed E-state index contributed by atoms with van der Waals surface area (Å²) in [5.74, 6) is 0.860. The molecule has 1 unspecified atom stereocenters. The Labute approximate surface area is 184 Å². The number of aromatic nitrogens is 4. The van der Waals surface area contributed by atoms with Gasteiger partial charge >= 0.3 is 0 Å². The third kappa shape index (κ3) is 3.97. The smallest absolute Gasteiger partial charge is 0.266 e. The molecule has 9 nitrogen and oxygen atoms in total. The maximum atomic E-state index is 13.1. The topological polar surface area (TPSA) is 102 Å². The average Bonchev–Trinajstić information content (AvgIpc) is 3.53. The lowest BCUT2D eigenvalue weighted by atomic mass is 10.0. The fourth-order valence-corrected chi connectivity index (χ4v) is 3.40. The van der Waals surface area contributed by atoms with E-state index in [0.29, 0.717) is 28.3 Å². The van der Waals surface area contributed by atoms with Crippen molar-refractivity contribution >= 4 is 5.78 Å². The van der Waals surface area contributed by atoms with Gasteiger partial charge < -0.3 is 18.6 Å². The Hall–Kier alpha value is -3.98. The van der Waals surface area contributed by atoms with Gasteiger partial charge in [0, 0.05) is 18.2 Å². The largest absolute Gasteiger partial charge is 0.496 e. The van der Waals surface area contributed by atoms with Gasteiger partial charge in [-0.15, -0.1) is 0 Å². The molecule has 2 heterocycles. The first-order valence-corrected chi connectivity index (χ1v) is 9.76. The first kappa shape index (κ1) is 21.3. The molecule has 0 aliphatic heterocycles. The Morgan fingerprint density at radius 1 is 1.06 bits per heavy atom. The van der Waals surface area contributed by atoms with E-state index in [1.165, 1.54) is 19.7 Å². The molecule has 0 fully saturated rings. The van der Waals surface area contributed by atoms with Gasteiger partial charge in [-0.3, -0.25) is 4.79 Å². The van der Waals surface area contributed by atoms with Crippen LogP contribution in [0, 0.1) is 6.92 Å². The minimum absolute atomic E-state index is 0.0503. The highest BCUT2D eigenvalue weighted by Gasteiger charge is 2.27. The maximum absolute atomic E-state index is 13.1. The standard InChI is InChI=1S/C23H22N4O5/c1-14-19(29-2)9-16(10-20(14)30-3)18-11-32-23(26-18)21(28)22(31-4)15-5-7-17(8-6-15)27-13-24-12-25-27/h5-13,22H,1-4H3. The van der Waals surface area contributed by atoms with Crippen LogP contribution >= 0.6 is 0 Å². The van der Waals surface area contributed by atoms with Crippen molar-refractivity contribution in [3.05, 3.63) is 72.3 Å². The summed E-state index contributed by atoms with van der Waals surface area (Å²) >= 11 is 0. The van der Waals surface area contributed by atoms with Crippen LogP contribution in [0.2, 0.25) is 0 Å². The van der Waals surface area contributed by atoms with Crippen molar-refractivity contribution in [3.8, 4) is 28.4 Å². The second kappa shape index (κ2) is 9.03. The van der Waals surface area contributed by atoms with E-state index < -0.39 is 11.9 Å². The number of benzene rings is 2. The normalized spacial score (nSPS) is 11.9. The van der Waals surface area contributed by atoms with E-state index in [0.717, 1.165) is 11.3 Å². The van der Waals surface area contributed by atoms with Crippen molar-refractivity contribution in [2.24, 2.45) is 0 Å². The number of Topliss-reactive ketones (excluding diaryl/α,β-unsaturated/α-hetero) is 1. The predicted octanol–water partition coefficient (Wildman–Crippen LogP) is 3.82. The van der Waals surface area contributed by atoms with Crippen molar-refractivity contribution in [3.63, 3.8) is 0 Å². The molecule has 0 radical (unpaired) electrons. The van der Waals surface area contributed by atoms with E-state index in [9.17, 15) is 4.79 Å². The number of carbonyl (C=O) groups excluding carboxylic acids is 1. The molecule has 9 heteroatoms. The molecule has 0 saturated heterocycles. The summed E-state index contributed by atoms with van der Waals surface area (Å²) in [5.41, 5.74) is 3.54. The molecule has 1 atom stereocenters. The molecule has 4 rings (SSSR count). The highest BCUT2D eigenvalue weighted by atomic mass is 16.5. The fourth-order valence-electron chi connectivity index (χ4n) is 3.40. The van der Waals surface area contributed by atoms with Crippen LogP contribution in [-0.4, -0.2) is 46.9 Å². The van der Waals surface area contributed by atoms with E-state index >= 15 is 0 Å². The Bertz CT molecular complexity index is 1190. The molecule has 2 aromatic carbocycles. The number of ether oxygens (including phenoxy) is 3. The highest BCUT2D eigenvalue weighted by molar-refractivity contribution is 5.96. The monoisotopic (exact) mass is 434 g/mol. The van der Waals surface area contributed by atoms with Crippen LogP contribution in [0.4, 0.5) is 0 Å². The summed E-state index contributed by atoms with van der Waals surface area (Å²) < 4.78 is 23.4. The van der Waals surface area contributed by atoms with E-state index in [1.807, 2.05) is 31.2 Å². The quantitative estimate of drug-likeness (QED) is 0.386. The van der Waals surface area contributed by atoms with E-state index in [1.54, 1.807) is 37.4 Å². The molecule has 2 aromatic heterocycles. The number of rotatable bonds is 8. The zero-order valence-corrected chi connectivity index (χ0v) is 18.1. The molecule has 0 bridgehead atoms. The van der Waals surface area contributed by atoms with Gasteiger partial charge in [-0.05, 0) is 36.8 Å². The number of ketones is 1. The van der Waals surface area contributed by atoms with E-state index in [-0.39, 0.29) is 5.89 Å². The number of carbonyl (C=O) groups is 1. The zero-order valence-electron chi connectivity index (χ0n) is 18.1. The second-order valence-corrected chi connectivity index (χ2v) is 6.96. The number of hydrogen-bond donors (Lipinski definition) is 0. The molecular weight excluding hydrogens is 412 g/mol. The predicted molar refractivity (Wildman–Crippen MR) is 115 cm³/mol. The summed E-state index contributed by atoms with van der Waals surface area (Å²) in [6, 6.07) is 10.9. The first-order valence-electron chi connectivity index (χ1n) is 9.76. The first-order chi connectivity index (χ1) is 15.5. The van der Waals surface area contributed by atoms with Gasteiger partial charge in [-0.2, -0.15) is 5.10 Å². The number of oxazole rings is 1. The van der Waals surface area contributed by atoms with Crippen molar-refractivity contribution in [2.45, 2.75) is 13.0 Å². The molecule has 164 valence electrons. The molecule has 4 aromatic rings. The van der Waals surface area contributed by atoms with Crippen LogP contribution in [0.1, 0.15) is 27.9 Å². The van der Waals surface area contributed by atoms with Gasteiger partial charge in [-0.25, -0.2) is 14.6 Å². The third-order valence-electron chi connectivity index (χ3n) is 5.12. The van der Waals surface area contributed by atoms with Gasteiger partial charge in [-0.1, -0.05) is 12.1 Å². The Balaban J connectivity index is 1.60. The van der Waals surface area contributed by atoms with Gasteiger partial charge in [0.05, 0.1) is 19.9 Å². The lowest BCUT2D eigenvalue weighted by Gasteiger charge is -2.13. The number of nitrogens with zero attached hydrogens (tertiary/aromatic N) is 4. The van der Waals surface area contributed by atoms with Gasteiger partial charge in [0.25, 0.3) is 11.7 Å².